The molecule has 0 unspecified atom stereocenters. The summed E-state index contributed by atoms with van der Waals surface area (Å²) in [4.78, 5) is 13.6. The first-order valence-electron chi connectivity index (χ1n) is 6.15. The number of nitrogens with zero attached hydrogens (tertiary/aromatic N) is 1. The summed E-state index contributed by atoms with van der Waals surface area (Å²) in [6, 6.07) is 9.62. The number of aryl methyl sites for hydroxylation is 1. The summed E-state index contributed by atoms with van der Waals surface area (Å²) in [6.07, 6.45) is 1.65. The van der Waals surface area contributed by atoms with E-state index in [0.29, 0.717) is 6.54 Å². The number of carbonyl (C=O) groups is 1. The molecule has 0 aliphatic carbocycles. The average Bonchev–Trinajstić information content (AvgIpc) is 2.84. The van der Waals surface area contributed by atoms with E-state index in [1.165, 1.54) is 0 Å². The monoisotopic (exact) mass is 258 g/mol. The van der Waals surface area contributed by atoms with E-state index in [2.05, 4.69) is 5.32 Å². The Morgan fingerprint density at radius 2 is 2.11 bits per heavy atom. The number of likely N-dealkylation sites (N-methyl/N-ethyl adjacent to an activating group) is 1. The quantitative estimate of drug-likeness (QED) is 0.917. The Balaban J connectivity index is 2.14. The van der Waals surface area contributed by atoms with Gasteiger partial charge in [-0.1, -0.05) is 0 Å². The fourth-order valence-electron chi connectivity index (χ4n) is 1.88. The lowest BCUT2D eigenvalue weighted by Gasteiger charge is -2.12. The van der Waals surface area contributed by atoms with Gasteiger partial charge in [0.1, 0.15) is 5.76 Å². The van der Waals surface area contributed by atoms with Crippen molar-refractivity contribution in [1.82, 2.24) is 4.90 Å². The Bertz CT molecular complexity index is 560. The Kier molecular flexibility index (Phi) is 4.02. The highest BCUT2D eigenvalue weighted by molar-refractivity contribution is 5.93. The highest BCUT2D eigenvalue weighted by Gasteiger charge is 2.08. The van der Waals surface area contributed by atoms with Gasteiger partial charge in [0, 0.05) is 11.3 Å². The van der Waals surface area contributed by atoms with Crippen molar-refractivity contribution in [3.8, 4) is 11.3 Å². The third-order valence-corrected chi connectivity index (χ3v) is 2.77. The fourth-order valence-corrected chi connectivity index (χ4v) is 1.88. The van der Waals surface area contributed by atoms with Crippen molar-refractivity contribution in [3.63, 3.8) is 0 Å². The first-order valence-corrected chi connectivity index (χ1v) is 6.15. The predicted molar refractivity (Wildman–Crippen MR) is 76.1 cm³/mol. The molecular formula is C15H18N2O2. The third kappa shape index (κ3) is 3.45. The summed E-state index contributed by atoms with van der Waals surface area (Å²) in [5.41, 5.74) is 2.86. The van der Waals surface area contributed by atoms with Gasteiger partial charge in [-0.25, -0.2) is 0 Å². The van der Waals surface area contributed by atoms with E-state index in [1.807, 2.05) is 56.3 Å². The second-order valence-corrected chi connectivity index (χ2v) is 4.79. The molecule has 0 saturated heterocycles. The molecule has 0 radical (unpaired) electrons. The van der Waals surface area contributed by atoms with Gasteiger partial charge in [0.05, 0.1) is 12.8 Å². The molecule has 2 aromatic rings. The first kappa shape index (κ1) is 13.4. The van der Waals surface area contributed by atoms with Crippen LogP contribution in [0.15, 0.2) is 41.0 Å². The number of hydrogen-bond donors (Lipinski definition) is 1. The van der Waals surface area contributed by atoms with Crippen molar-refractivity contribution >= 4 is 11.6 Å². The SMILES string of the molecule is Cc1cc(-c2ccco2)ccc1NC(=O)CN(C)C. The van der Waals surface area contributed by atoms with Gasteiger partial charge in [0.15, 0.2) is 0 Å². The minimum atomic E-state index is -0.0150. The number of anilines is 1. The van der Waals surface area contributed by atoms with Crippen LogP contribution in [-0.2, 0) is 4.79 Å². The van der Waals surface area contributed by atoms with E-state index in [1.54, 1.807) is 6.26 Å². The van der Waals surface area contributed by atoms with Crippen LogP contribution in [0.5, 0.6) is 0 Å². The molecule has 0 aliphatic heterocycles. The first-order chi connectivity index (χ1) is 9.06. The summed E-state index contributed by atoms with van der Waals surface area (Å²) < 4.78 is 5.35. The lowest BCUT2D eigenvalue weighted by atomic mass is 10.1. The maximum absolute atomic E-state index is 11.7. The number of carbonyl (C=O) groups excluding carboxylic acids is 1. The lowest BCUT2D eigenvalue weighted by molar-refractivity contribution is -0.116. The van der Waals surface area contributed by atoms with Crippen molar-refractivity contribution < 1.29 is 9.21 Å². The number of amides is 1. The molecule has 100 valence electrons. The summed E-state index contributed by atoms with van der Waals surface area (Å²) >= 11 is 0. The largest absolute Gasteiger partial charge is 0.464 e. The number of benzene rings is 1. The Hall–Kier alpha value is -2.07. The Labute approximate surface area is 113 Å². The molecule has 1 amide bonds. The highest BCUT2D eigenvalue weighted by Crippen LogP contribution is 2.25. The second kappa shape index (κ2) is 5.71. The topological polar surface area (TPSA) is 45.5 Å². The van der Waals surface area contributed by atoms with Crippen LogP contribution in [0.3, 0.4) is 0 Å². The maximum Gasteiger partial charge on any atom is 0.238 e. The lowest BCUT2D eigenvalue weighted by Crippen LogP contribution is -2.27. The van der Waals surface area contributed by atoms with Gasteiger partial charge in [-0.05, 0) is 56.9 Å². The summed E-state index contributed by atoms with van der Waals surface area (Å²) in [5.74, 6) is 0.813. The van der Waals surface area contributed by atoms with Gasteiger partial charge in [-0.3, -0.25) is 4.79 Å². The minimum absolute atomic E-state index is 0.0150. The number of furan rings is 1. The van der Waals surface area contributed by atoms with Gasteiger partial charge < -0.3 is 14.6 Å². The Morgan fingerprint density at radius 1 is 1.32 bits per heavy atom. The van der Waals surface area contributed by atoms with E-state index >= 15 is 0 Å². The smallest absolute Gasteiger partial charge is 0.238 e. The molecule has 0 fully saturated rings. The summed E-state index contributed by atoms with van der Waals surface area (Å²) in [5, 5.41) is 2.90. The van der Waals surface area contributed by atoms with Gasteiger partial charge in [0.25, 0.3) is 0 Å². The molecule has 0 aliphatic rings. The normalized spacial score (nSPS) is 10.7. The molecule has 0 spiro atoms. The summed E-state index contributed by atoms with van der Waals surface area (Å²) in [6.45, 7) is 2.34. The van der Waals surface area contributed by atoms with E-state index in [9.17, 15) is 4.79 Å². The van der Waals surface area contributed by atoms with Crippen LogP contribution in [0.2, 0.25) is 0 Å². The number of nitrogens with one attached hydrogen (secondary N) is 1. The predicted octanol–water partition coefficient (Wildman–Crippen LogP) is 2.76. The zero-order valence-electron chi connectivity index (χ0n) is 11.4. The van der Waals surface area contributed by atoms with Crippen LogP contribution in [0, 0.1) is 6.92 Å². The molecule has 4 heteroatoms. The van der Waals surface area contributed by atoms with Crippen molar-refractivity contribution in [2.75, 3.05) is 26.0 Å². The zero-order valence-corrected chi connectivity index (χ0v) is 11.4. The van der Waals surface area contributed by atoms with E-state index < -0.39 is 0 Å². The highest BCUT2D eigenvalue weighted by atomic mass is 16.3. The second-order valence-electron chi connectivity index (χ2n) is 4.79. The Morgan fingerprint density at radius 3 is 2.68 bits per heavy atom. The van der Waals surface area contributed by atoms with E-state index in [0.717, 1.165) is 22.6 Å². The molecule has 0 bridgehead atoms. The molecule has 0 atom stereocenters. The van der Waals surface area contributed by atoms with Gasteiger partial charge in [0.2, 0.25) is 5.91 Å². The van der Waals surface area contributed by atoms with Crippen molar-refractivity contribution in [2.45, 2.75) is 6.92 Å². The van der Waals surface area contributed by atoms with Crippen molar-refractivity contribution in [2.24, 2.45) is 0 Å². The van der Waals surface area contributed by atoms with Gasteiger partial charge in [-0.15, -0.1) is 0 Å². The molecule has 1 aromatic heterocycles. The molecule has 2 rings (SSSR count). The molecule has 19 heavy (non-hydrogen) atoms. The summed E-state index contributed by atoms with van der Waals surface area (Å²) in [7, 11) is 3.74. The van der Waals surface area contributed by atoms with E-state index in [4.69, 9.17) is 4.42 Å². The van der Waals surface area contributed by atoms with Gasteiger partial charge in [-0.2, -0.15) is 0 Å². The van der Waals surface area contributed by atoms with Gasteiger partial charge >= 0.3 is 0 Å². The zero-order chi connectivity index (χ0) is 13.8. The molecule has 4 nitrogen and oxygen atoms in total. The van der Waals surface area contributed by atoms with E-state index in [-0.39, 0.29) is 5.91 Å². The van der Waals surface area contributed by atoms with Crippen LogP contribution < -0.4 is 5.32 Å². The minimum Gasteiger partial charge on any atom is -0.464 e. The average molecular weight is 258 g/mol. The van der Waals surface area contributed by atoms with Crippen LogP contribution in [0.4, 0.5) is 5.69 Å². The molecule has 1 aromatic carbocycles. The fraction of sp³-hybridized carbons (Fsp3) is 0.267. The standard InChI is InChI=1S/C15H18N2O2/c1-11-9-12(14-5-4-8-19-14)6-7-13(11)16-15(18)10-17(2)3/h4-9H,10H2,1-3H3,(H,16,18). The molecule has 1 heterocycles. The van der Waals surface area contributed by atoms with Crippen LogP contribution >= 0.6 is 0 Å². The molecule has 0 saturated carbocycles. The van der Waals surface area contributed by atoms with Crippen LogP contribution in [0.25, 0.3) is 11.3 Å². The molecular weight excluding hydrogens is 240 g/mol. The maximum atomic E-state index is 11.7. The number of rotatable bonds is 4. The third-order valence-electron chi connectivity index (χ3n) is 2.77. The number of hydrogen-bond acceptors (Lipinski definition) is 3. The van der Waals surface area contributed by atoms with Crippen molar-refractivity contribution in [3.05, 3.63) is 42.2 Å². The van der Waals surface area contributed by atoms with Crippen LogP contribution in [0.1, 0.15) is 5.56 Å². The van der Waals surface area contributed by atoms with Crippen LogP contribution in [-0.4, -0.2) is 31.4 Å². The van der Waals surface area contributed by atoms with Crippen molar-refractivity contribution in [1.29, 1.82) is 0 Å². The molecule has 1 N–H and O–H groups in total.